The lowest BCUT2D eigenvalue weighted by atomic mass is 10.0. The molecule has 0 radical (unpaired) electrons. The first-order valence-corrected chi connectivity index (χ1v) is 7.37. The van der Waals surface area contributed by atoms with Crippen LogP contribution in [0, 0.1) is 16.0 Å². The van der Waals surface area contributed by atoms with Gasteiger partial charge in [0.2, 0.25) is 0 Å². The zero-order valence-electron chi connectivity index (χ0n) is 11.6. The average Bonchev–Trinajstić information content (AvgIpc) is 2.45. The minimum absolute atomic E-state index is 0.0406. The van der Waals surface area contributed by atoms with E-state index in [2.05, 4.69) is 5.32 Å². The van der Waals surface area contributed by atoms with Gasteiger partial charge in [0.1, 0.15) is 5.56 Å². The maximum Gasteiger partial charge on any atom is 0.282 e. The summed E-state index contributed by atoms with van der Waals surface area (Å²) < 4.78 is 0. The van der Waals surface area contributed by atoms with E-state index in [4.69, 9.17) is 5.11 Å². The van der Waals surface area contributed by atoms with Crippen LogP contribution in [0.2, 0.25) is 0 Å². The Balaban J connectivity index is 3.04. The van der Waals surface area contributed by atoms with Gasteiger partial charge in [-0.15, -0.1) is 11.8 Å². The van der Waals surface area contributed by atoms with Crippen molar-refractivity contribution < 1.29 is 14.8 Å². The van der Waals surface area contributed by atoms with E-state index in [0.29, 0.717) is 0 Å². The molecular formula is C13H18N2O4S. The van der Waals surface area contributed by atoms with Gasteiger partial charge >= 0.3 is 0 Å². The molecule has 0 aliphatic rings. The minimum Gasteiger partial charge on any atom is -0.396 e. The number of aliphatic hydroxyl groups is 1. The lowest BCUT2D eigenvalue weighted by Gasteiger charge is -2.19. The van der Waals surface area contributed by atoms with Gasteiger partial charge in [-0.1, -0.05) is 6.92 Å². The summed E-state index contributed by atoms with van der Waals surface area (Å²) in [6.07, 6.45) is 1.83. The largest absolute Gasteiger partial charge is 0.396 e. The second kappa shape index (κ2) is 7.25. The maximum atomic E-state index is 12.2. The molecule has 0 aliphatic carbocycles. The van der Waals surface area contributed by atoms with E-state index < -0.39 is 10.8 Å². The standard InChI is InChI=1S/C13H18N2O4S/c1-8(7-16)9(2)14-13(17)11-6-10(20-3)4-5-12(11)15(18)19/h4-6,8-9,16H,7H2,1-3H3,(H,14,17). The Kier molecular flexibility index (Phi) is 5.97. The maximum absolute atomic E-state index is 12.2. The molecule has 0 saturated carbocycles. The number of nitrogens with one attached hydrogen (secondary N) is 1. The Morgan fingerprint density at radius 3 is 2.65 bits per heavy atom. The molecule has 110 valence electrons. The van der Waals surface area contributed by atoms with Crippen molar-refractivity contribution in [3.8, 4) is 0 Å². The van der Waals surface area contributed by atoms with Gasteiger partial charge in [0.15, 0.2) is 0 Å². The first kappa shape index (κ1) is 16.5. The second-order valence-electron chi connectivity index (χ2n) is 4.56. The van der Waals surface area contributed by atoms with Crippen molar-refractivity contribution in [3.63, 3.8) is 0 Å². The van der Waals surface area contributed by atoms with Crippen molar-refractivity contribution >= 4 is 23.4 Å². The van der Waals surface area contributed by atoms with Crippen LogP contribution in [0.25, 0.3) is 0 Å². The average molecular weight is 298 g/mol. The summed E-state index contributed by atoms with van der Waals surface area (Å²) in [5.74, 6) is -0.623. The van der Waals surface area contributed by atoms with E-state index in [-0.39, 0.29) is 29.8 Å². The molecule has 7 heteroatoms. The first-order chi connectivity index (χ1) is 9.40. The van der Waals surface area contributed by atoms with E-state index in [1.54, 1.807) is 19.9 Å². The van der Waals surface area contributed by atoms with Crippen molar-refractivity contribution in [2.75, 3.05) is 12.9 Å². The lowest BCUT2D eigenvalue weighted by molar-refractivity contribution is -0.385. The molecule has 0 aliphatic heterocycles. The molecule has 20 heavy (non-hydrogen) atoms. The SMILES string of the molecule is CSc1ccc([N+](=O)[O-])c(C(=O)NC(C)C(C)CO)c1. The fraction of sp³-hybridized carbons (Fsp3) is 0.462. The summed E-state index contributed by atoms with van der Waals surface area (Å²) in [6, 6.07) is 4.18. The molecule has 2 unspecified atom stereocenters. The Morgan fingerprint density at radius 2 is 2.15 bits per heavy atom. The molecule has 2 N–H and O–H groups in total. The van der Waals surface area contributed by atoms with Gasteiger partial charge in [0.25, 0.3) is 11.6 Å². The topological polar surface area (TPSA) is 92.5 Å². The quantitative estimate of drug-likeness (QED) is 0.476. The number of nitro groups is 1. The summed E-state index contributed by atoms with van der Waals surface area (Å²) in [7, 11) is 0. The summed E-state index contributed by atoms with van der Waals surface area (Å²) in [4.78, 5) is 23.4. The number of benzene rings is 1. The van der Waals surface area contributed by atoms with Crippen LogP contribution >= 0.6 is 11.8 Å². The van der Waals surface area contributed by atoms with Crippen LogP contribution in [0.1, 0.15) is 24.2 Å². The van der Waals surface area contributed by atoms with Crippen LogP contribution in [0.15, 0.2) is 23.1 Å². The molecule has 0 fully saturated rings. The number of carbonyl (C=O) groups is 1. The van der Waals surface area contributed by atoms with Gasteiger partial charge in [0, 0.05) is 23.6 Å². The molecule has 1 aromatic rings. The highest BCUT2D eigenvalue weighted by Gasteiger charge is 2.23. The molecule has 6 nitrogen and oxygen atoms in total. The zero-order valence-corrected chi connectivity index (χ0v) is 12.4. The van der Waals surface area contributed by atoms with Crippen LogP contribution in [0.3, 0.4) is 0 Å². The van der Waals surface area contributed by atoms with Crippen LogP contribution in [-0.2, 0) is 0 Å². The molecule has 1 rings (SSSR count). The molecule has 0 saturated heterocycles. The number of nitrogens with zero attached hydrogens (tertiary/aromatic N) is 1. The molecule has 1 amide bonds. The highest BCUT2D eigenvalue weighted by molar-refractivity contribution is 7.98. The van der Waals surface area contributed by atoms with E-state index in [9.17, 15) is 14.9 Å². The minimum atomic E-state index is -0.570. The molecule has 0 bridgehead atoms. The number of amides is 1. The van der Waals surface area contributed by atoms with E-state index in [0.717, 1.165) is 4.90 Å². The monoisotopic (exact) mass is 298 g/mol. The number of aliphatic hydroxyl groups excluding tert-OH is 1. The lowest BCUT2D eigenvalue weighted by Crippen LogP contribution is -2.38. The summed E-state index contributed by atoms with van der Waals surface area (Å²) >= 11 is 1.41. The summed E-state index contributed by atoms with van der Waals surface area (Å²) in [5, 5.41) is 22.7. The normalized spacial score (nSPS) is 13.6. The molecule has 0 heterocycles. The first-order valence-electron chi connectivity index (χ1n) is 6.14. The van der Waals surface area contributed by atoms with Crippen LogP contribution in [-0.4, -0.2) is 34.8 Å². The summed E-state index contributed by atoms with van der Waals surface area (Å²) in [6.45, 7) is 3.48. The number of hydrogen-bond acceptors (Lipinski definition) is 5. The Labute approximate surface area is 121 Å². The highest BCUT2D eigenvalue weighted by atomic mass is 32.2. The van der Waals surface area contributed by atoms with Gasteiger partial charge in [0.05, 0.1) is 4.92 Å². The van der Waals surface area contributed by atoms with Crippen LogP contribution in [0.5, 0.6) is 0 Å². The van der Waals surface area contributed by atoms with Gasteiger partial charge in [-0.3, -0.25) is 14.9 Å². The third-order valence-electron chi connectivity index (χ3n) is 3.15. The van der Waals surface area contributed by atoms with Crippen molar-refractivity contribution in [1.29, 1.82) is 0 Å². The third-order valence-corrected chi connectivity index (χ3v) is 3.87. The Morgan fingerprint density at radius 1 is 1.50 bits per heavy atom. The number of carbonyl (C=O) groups excluding carboxylic acids is 1. The second-order valence-corrected chi connectivity index (χ2v) is 5.44. The number of hydrogen-bond donors (Lipinski definition) is 2. The van der Waals surface area contributed by atoms with Crippen molar-refractivity contribution in [2.45, 2.75) is 24.8 Å². The van der Waals surface area contributed by atoms with E-state index >= 15 is 0 Å². The fourth-order valence-electron chi connectivity index (χ4n) is 1.57. The van der Waals surface area contributed by atoms with Crippen molar-refractivity contribution in [2.24, 2.45) is 5.92 Å². The molecule has 0 aromatic heterocycles. The molecule has 2 atom stereocenters. The zero-order chi connectivity index (χ0) is 15.3. The van der Waals surface area contributed by atoms with Gasteiger partial charge in [-0.2, -0.15) is 0 Å². The number of nitro benzene ring substituents is 1. The summed E-state index contributed by atoms with van der Waals surface area (Å²) in [5.41, 5.74) is -0.178. The van der Waals surface area contributed by atoms with Gasteiger partial charge in [-0.05, 0) is 31.2 Å². The number of thioether (sulfide) groups is 1. The van der Waals surface area contributed by atoms with E-state index in [1.807, 2.05) is 6.26 Å². The molecule has 0 spiro atoms. The van der Waals surface area contributed by atoms with Gasteiger partial charge in [-0.25, -0.2) is 0 Å². The van der Waals surface area contributed by atoms with Gasteiger partial charge < -0.3 is 10.4 Å². The van der Waals surface area contributed by atoms with Crippen molar-refractivity contribution in [1.82, 2.24) is 5.32 Å². The molecular weight excluding hydrogens is 280 g/mol. The Bertz CT molecular complexity index is 507. The van der Waals surface area contributed by atoms with Crippen molar-refractivity contribution in [3.05, 3.63) is 33.9 Å². The van der Waals surface area contributed by atoms with Crippen LogP contribution in [0.4, 0.5) is 5.69 Å². The smallest absolute Gasteiger partial charge is 0.282 e. The predicted octanol–water partition coefficient (Wildman–Crippen LogP) is 2.06. The van der Waals surface area contributed by atoms with E-state index in [1.165, 1.54) is 23.9 Å². The third kappa shape index (κ3) is 3.94. The fourth-order valence-corrected chi connectivity index (χ4v) is 2.01. The molecule has 1 aromatic carbocycles. The Hall–Kier alpha value is -1.60. The predicted molar refractivity (Wildman–Crippen MR) is 78.1 cm³/mol. The van der Waals surface area contributed by atoms with Crippen LogP contribution < -0.4 is 5.32 Å². The number of rotatable bonds is 6. The highest BCUT2D eigenvalue weighted by Crippen LogP contribution is 2.25.